The van der Waals surface area contributed by atoms with Gasteiger partial charge in [-0.25, -0.2) is 0 Å². The number of amides is 1. The third kappa shape index (κ3) is 2.86. The first-order valence-corrected chi connectivity index (χ1v) is 7.17. The quantitative estimate of drug-likeness (QED) is 0.839. The summed E-state index contributed by atoms with van der Waals surface area (Å²) < 4.78 is 0. The van der Waals surface area contributed by atoms with Crippen LogP contribution in [-0.4, -0.2) is 17.4 Å². The highest BCUT2D eigenvalue weighted by atomic mass is 35.5. The van der Waals surface area contributed by atoms with Crippen LogP contribution in [0.1, 0.15) is 23.5 Å². The van der Waals surface area contributed by atoms with E-state index in [0.29, 0.717) is 23.9 Å². The predicted molar refractivity (Wildman–Crippen MR) is 80.7 cm³/mol. The van der Waals surface area contributed by atoms with Gasteiger partial charge in [0.1, 0.15) is 0 Å². The van der Waals surface area contributed by atoms with Crippen molar-refractivity contribution in [1.82, 2.24) is 4.90 Å². The molecule has 1 aliphatic heterocycles. The molecule has 0 aromatic heterocycles. The highest BCUT2D eigenvalue weighted by Crippen LogP contribution is 2.29. The Morgan fingerprint density at radius 2 is 1.90 bits per heavy atom. The van der Waals surface area contributed by atoms with E-state index >= 15 is 0 Å². The van der Waals surface area contributed by atoms with Gasteiger partial charge in [-0.1, -0.05) is 54.1 Å². The number of benzene rings is 2. The minimum absolute atomic E-state index is 0.221. The lowest BCUT2D eigenvalue weighted by Gasteiger charge is -2.17. The van der Waals surface area contributed by atoms with Gasteiger partial charge in [0.2, 0.25) is 5.91 Å². The normalized spacial score (nSPS) is 18.6. The summed E-state index contributed by atoms with van der Waals surface area (Å²) in [6.45, 7) is 1.43. The first-order chi connectivity index (χ1) is 9.72. The summed E-state index contributed by atoms with van der Waals surface area (Å²) in [4.78, 5) is 14.1. The Kier molecular flexibility index (Phi) is 3.75. The van der Waals surface area contributed by atoms with Crippen molar-refractivity contribution in [3.05, 3.63) is 70.7 Å². The van der Waals surface area contributed by atoms with Crippen LogP contribution in [0.4, 0.5) is 0 Å². The Bertz CT molecular complexity index is 611. The zero-order chi connectivity index (χ0) is 13.9. The van der Waals surface area contributed by atoms with Gasteiger partial charge in [-0.2, -0.15) is 0 Å². The largest absolute Gasteiger partial charge is 0.338 e. The van der Waals surface area contributed by atoms with E-state index in [-0.39, 0.29) is 5.91 Å². The van der Waals surface area contributed by atoms with Crippen molar-refractivity contribution in [3.63, 3.8) is 0 Å². The van der Waals surface area contributed by atoms with Crippen molar-refractivity contribution in [2.24, 2.45) is 0 Å². The van der Waals surface area contributed by atoms with Gasteiger partial charge in [0.15, 0.2) is 0 Å². The van der Waals surface area contributed by atoms with Crippen molar-refractivity contribution in [3.8, 4) is 0 Å². The molecule has 0 N–H and O–H groups in total. The van der Waals surface area contributed by atoms with Crippen LogP contribution in [0.2, 0.25) is 5.02 Å². The standard InChI is InChI=1S/C17H16ClNO/c18-16-8-4-5-13(9-16)11-19-12-15(10-17(19)20)14-6-2-1-3-7-14/h1-9,15H,10-12H2. The molecule has 0 saturated carbocycles. The monoisotopic (exact) mass is 285 g/mol. The second-order valence-corrected chi connectivity index (χ2v) is 5.65. The van der Waals surface area contributed by atoms with Crippen LogP contribution in [0.5, 0.6) is 0 Å². The summed E-state index contributed by atoms with van der Waals surface area (Å²) >= 11 is 5.99. The third-order valence-electron chi connectivity index (χ3n) is 3.75. The fraction of sp³-hybridized carbons (Fsp3) is 0.235. The number of halogens is 1. The molecular formula is C17H16ClNO. The molecule has 2 aromatic rings. The van der Waals surface area contributed by atoms with Crippen LogP contribution >= 0.6 is 11.6 Å². The van der Waals surface area contributed by atoms with E-state index in [0.717, 1.165) is 12.1 Å². The molecule has 3 rings (SSSR count). The zero-order valence-electron chi connectivity index (χ0n) is 11.1. The van der Waals surface area contributed by atoms with Gasteiger partial charge < -0.3 is 4.90 Å². The Morgan fingerprint density at radius 1 is 1.10 bits per heavy atom. The summed E-state index contributed by atoms with van der Waals surface area (Å²) in [6.07, 6.45) is 0.602. The van der Waals surface area contributed by atoms with E-state index in [1.165, 1.54) is 5.56 Å². The maximum atomic E-state index is 12.1. The summed E-state index contributed by atoms with van der Waals surface area (Å²) in [5.74, 6) is 0.529. The summed E-state index contributed by atoms with van der Waals surface area (Å²) in [5.41, 5.74) is 2.33. The zero-order valence-corrected chi connectivity index (χ0v) is 11.9. The maximum absolute atomic E-state index is 12.1. The molecule has 1 aliphatic rings. The van der Waals surface area contributed by atoms with Gasteiger partial charge >= 0.3 is 0 Å². The van der Waals surface area contributed by atoms with Crippen LogP contribution < -0.4 is 0 Å². The number of carbonyl (C=O) groups excluding carboxylic acids is 1. The van der Waals surface area contributed by atoms with Gasteiger partial charge in [0, 0.05) is 30.5 Å². The molecule has 0 spiro atoms. The molecule has 1 amide bonds. The third-order valence-corrected chi connectivity index (χ3v) is 3.98. The molecule has 1 unspecified atom stereocenters. The fourth-order valence-electron chi connectivity index (χ4n) is 2.73. The lowest BCUT2D eigenvalue weighted by atomic mass is 9.99. The van der Waals surface area contributed by atoms with Crippen LogP contribution in [0, 0.1) is 0 Å². The molecule has 20 heavy (non-hydrogen) atoms. The van der Waals surface area contributed by atoms with Crippen LogP contribution in [0.15, 0.2) is 54.6 Å². The van der Waals surface area contributed by atoms with E-state index in [4.69, 9.17) is 11.6 Å². The van der Waals surface area contributed by atoms with Crippen molar-refractivity contribution < 1.29 is 4.79 Å². The van der Waals surface area contributed by atoms with E-state index in [1.807, 2.05) is 47.4 Å². The van der Waals surface area contributed by atoms with Gasteiger partial charge in [-0.15, -0.1) is 0 Å². The van der Waals surface area contributed by atoms with Crippen LogP contribution in [0.25, 0.3) is 0 Å². The van der Waals surface area contributed by atoms with E-state index in [2.05, 4.69) is 12.1 Å². The Morgan fingerprint density at radius 3 is 2.65 bits per heavy atom. The molecule has 0 radical (unpaired) electrons. The first kappa shape index (κ1) is 13.2. The van der Waals surface area contributed by atoms with Crippen molar-refractivity contribution in [1.29, 1.82) is 0 Å². The van der Waals surface area contributed by atoms with Crippen molar-refractivity contribution >= 4 is 17.5 Å². The highest BCUT2D eigenvalue weighted by molar-refractivity contribution is 6.30. The fourth-order valence-corrected chi connectivity index (χ4v) is 2.94. The molecule has 102 valence electrons. The van der Waals surface area contributed by atoms with Crippen LogP contribution in [0.3, 0.4) is 0 Å². The molecule has 1 saturated heterocycles. The number of carbonyl (C=O) groups is 1. The Hall–Kier alpha value is -1.80. The molecule has 1 fully saturated rings. The maximum Gasteiger partial charge on any atom is 0.223 e. The van der Waals surface area contributed by atoms with Crippen molar-refractivity contribution in [2.45, 2.75) is 18.9 Å². The minimum atomic E-state index is 0.221. The lowest BCUT2D eigenvalue weighted by molar-refractivity contribution is -0.128. The van der Waals surface area contributed by atoms with Crippen LogP contribution in [-0.2, 0) is 11.3 Å². The molecule has 1 atom stereocenters. The van der Waals surface area contributed by atoms with E-state index in [9.17, 15) is 4.79 Å². The number of rotatable bonds is 3. The molecule has 0 bridgehead atoms. The number of hydrogen-bond donors (Lipinski definition) is 0. The number of likely N-dealkylation sites (tertiary alicyclic amines) is 1. The lowest BCUT2D eigenvalue weighted by Crippen LogP contribution is -2.24. The molecule has 2 nitrogen and oxygen atoms in total. The highest BCUT2D eigenvalue weighted by Gasteiger charge is 2.30. The second kappa shape index (κ2) is 5.68. The molecule has 3 heteroatoms. The Balaban J connectivity index is 1.71. The predicted octanol–water partition coefficient (Wildman–Crippen LogP) is 3.86. The SMILES string of the molecule is O=C1CC(c2ccccc2)CN1Cc1cccc(Cl)c1. The number of hydrogen-bond acceptors (Lipinski definition) is 1. The molecule has 2 aromatic carbocycles. The molecular weight excluding hydrogens is 270 g/mol. The summed E-state index contributed by atoms with van der Waals surface area (Å²) in [5, 5.41) is 0.716. The topological polar surface area (TPSA) is 20.3 Å². The summed E-state index contributed by atoms with van der Waals surface area (Å²) in [6, 6.07) is 18.0. The van der Waals surface area contributed by atoms with Gasteiger partial charge in [0.05, 0.1) is 0 Å². The van der Waals surface area contributed by atoms with Gasteiger partial charge in [0.25, 0.3) is 0 Å². The van der Waals surface area contributed by atoms with E-state index < -0.39 is 0 Å². The van der Waals surface area contributed by atoms with E-state index in [1.54, 1.807) is 0 Å². The minimum Gasteiger partial charge on any atom is -0.338 e. The summed E-state index contributed by atoms with van der Waals surface area (Å²) in [7, 11) is 0. The van der Waals surface area contributed by atoms with Gasteiger partial charge in [-0.05, 0) is 23.3 Å². The average Bonchev–Trinajstić information content (AvgIpc) is 2.81. The molecule has 1 heterocycles. The smallest absolute Gasteiger partial charge is 0.223 e. The van der Waals surface area contributed by atoms with Crippen molar-refractivity contribution in [2.75, 3.05) is 6.54 Å². The second-order valence-electron chi connectivity index (χ2n) is 5.22. The first-order valence-electron chi connectivity index (χ1n) is 6.79. The Labute approximate surface area is 124 Å². The average molecular weight is 286 g/mol. The number of nitrogens with zero attached hydrogens (tertiary/aromatic N) is 1. The molecule has 0 aliphatic carbocycles. The van der Waals surface area contributed by atoms with Gasteiger partial charge in [-0.3, -0.25) is 4.79 Å².